The van der Waals surface area contributed by atoms with Crippen LogP contribution in [0.1, 0.15) is 11.6 Å². The van der Waals surface area contributed by atoms with Crippen molar-refractivity contribution in [1.29, 1.82) is 0 Å². The smallest absolute Gasteiger partial charge is 0.253 e. The van der Waals surface area contributed by atoms with Crippen LogP contribution in [0.3, 0.4) is 0 Å². The molecule has 0 saturated carbocycles. The Morgan fingerprint density at radius 2 is 1.84 bits per heavy atom. The van der Waals surface area contributed by atoms with E-state index in [0.29, 0.717) is 18.8 Å². The van der Waals surface area contributed by atoms with Gasteiger partial charge in [-0.3, -0.25) is 4.79 Å². The lowest BCUT2D eigenvalue weighted by atomic mass is 10.2. The highest BCUT2D eigenvalue weighted by Gasteiger charge is 2.22. The fourth-order valence-corrected chi connectivity index (χ4v) is 4.26. The van der Waals surface area contributed by atoms with Crippen LogP contribution in [0.2, 0.25) is 0 Å². The van der Waals surface area contributed by atoms with Crippen molar-refractivity contribution in [3.05, 3.63) is 46.4 Å². The molecule has 0 spiro atoms. The summed E-state index contributed by atoms with van der Waals surface area (Å²) in [6.07, 6.45) is 1.84. The number of methoxy groups -OCH3 is 2. The van der Waals surface area contributed by atoms with Crippen LogP contribution >= 0.6 is 0 Å². The highest BCUT2D eigenvalue weighted by atomic mass is 16.5. The first-order valence-electron chi connectivity index (χ1n) is 10.5. The predicted molar refractivity (Wildman–Crippen MR) is 121 cm³/mol. The number of ether oxygens (including phenoxy) is 3. The van der Waals surface area contributed by atoms with Crippen molar-refractivity contribution >= 4 is 16.7 Å². The van der Waals surface area contributed by atoms with E-state index in [4.69, 9.17) is 19.2 Å². The second-order valence-electron chi connectivity index (χ2n) is 7.97. The summed E-state index contributed by atoms with van der Waals surface area (Å²) >= 11 is 0. The van der Waals surface area contributed by atoms with Gasteiger partial charge in [-0.25, -0.2) is 4.98 Å². The zero-order valence-electron chi connectivity index (χ0n) is 18.6. The summed E-state index contributed by atoms with van der Waals surface area (Å²) in [5.74, 6) is 0.798. The maximum atomic E-state index is 12.2. The van der Waals surface area contributed by atoms with Crippen LogP contribution in [0.25, 0.3) is 22.4 Å². The maximum Gasteiger partial charge on any atom is 0.253 e. The van der Waals surface area contributed by atoms with Crippen LogP contribution in [0, 0.1) is 6.92 Å². The second-order valence-corrected chi connectivity index (χ2v) is 7.97. The number of anilines is 1. The average molecular weight is 427 g/mol. The van der Waals surface area contributed by atoms with E-state index in [1.807, 2.05) is 19.2 Å². The lowest BCUT2D eigenvalue weighted by Crippen LogP contribution is -2.36. The quantitative estimate of drug-likeness (QED) is 0.578. The Labute approximate surface area is 182 Å². The molecule has 0 radical (unpaired) electrons. The van der Waals surface area contributed by atoms with Crippen molar-refractivity contribution in [2.45, 2.75) is 13.0 Å². The largest absolute Gasteiger partial charge is 0.382 e. The second kappa shape index (κ2) is 9.21. The molecule has 166 valence electrons. The molecule has 0 atom stereocenters. The first kappa shape index (κ1) is 21.5. The Kier molecular flexibility index (Phi) is 6.41. The SMILES string of the molecule is COCC(COC)n1c(-c2cc(C)c(=O)n(C)c2)nc2cc(N3CCOCC3)ccc21. The van der Waals surface area contributed by atoms with Crippen molar-refractivity contribution in [3.8, 4) is 11.4 Å². The molecule has 1 aliphatic rings. The zero-order chi connectivity index (χ0) is 22.0. The molecule has 0 bridgehead atoms. The van der Waals surface area contributed by atoms with Crippen LogP contribution in [-0.4, -0.2) is 67.9 Å². The van der Waals surface area contributed by atoms with Crippen molar-refractivity contribution in [1.82, 2.24) is 14.1 Å². The molecular formula is C23H30N4O4. The Morgan fingerprint density at radius 3 is 2.48 bits per heavy atom. The van der Waals surface area contributed by atoms with Gasteiger partial charge in [0.25, 0.3) is 5.56 Å². The molecule has 0 aliphatic carbocycles. The number of nitrogens with zero attached hydrogens (tertiary/aromatic N) is 4. The molecule has 0 unspecified atom stereocenters. The fourth-order valence-electron chi connectivity index (χ4n) is 4.26. The van der Waals surface area contributed by atoms with Gasteiger partial charge in [0, 0.05) is 57.4 Å². The van der Waals surface area contributed by atoms with E-state index in [1.165, 1.54) is 0 Å². The molecular weight excluding hydrogens is 396 g/mol. The van der Waals surface area contributed by atoms with Crippen LogP contribution in [0.4, 0.5) is 5.69 Å². The van der Waals surface area contributed by atoms with Gasteiger partial charge in [-0.1, -0.05) is 0 Å². The summed E-state index contributed by atoms with van der Waals surface area (Å²) in [6, 6.07) is 8.23. The third-order valence-corrected chi connectivity index (χ3v) is 5.75. The number of imidazole rings is 1. The Bertz CT molecular complexity index is 1080. The van der Waals surface area contributed by atoms with Gasteiger partial charge in [-0.15, -0.1) is 0 Å². The molecule has 1 saturated heterocycles. The molecule has 4 rings (SSSR count). The summed E-state index contributed by atoms with van der Waals surface area (Å²) < 4.78 is 20.3. The summed E-state index contributed by atoms with van der Waals surface area (Å²) in [6.45, 7) is 6.02. The molecule has 0 N–H and O–H groups in total. The van der Waals surface area contributed by atoms with E-state index in [1.54, 1.807) is 25.8 Å². The maximum absolute atomic E-state index is 12.2. The monoisotopic (exact) mass is 426 g/mol. The standard InChI is InChI=1S/C23H30N4O4/c1-16-11-17(13-25(2)23(16)28)22-24-20-12-18(26-7-9-31-10-8-26)5-6-21(20)27(22)19(14-29-3)15-30-4/h5-6,11-13,19H,7-10,14-15H2,1-4H3. The zero-order valence-corrected chi connectivity index (χ0v) is 18.6. The topological polar surface area (TPSA) is 70.8 Å². The minimum atomic E-state index is -0.0539. The molecule has 8 nitrogen and oxygen atoms in total. The number of benzene rings is 1. The third kappa shape index (κ3) is 4.23. The number of morpholine rings is 1. The molecule has 3 aromatic rings. The minimum absolute atomic E-state index is 0.00801. The van der Waals surface area contributed by atoms with E-state index in [2.05, 4.69) is 27.7 Å². The number of pyridine rings is 1. The summed E-state index contributed by atoms with van der Waals surface area (Å²) in [5.41, 5.74) is 4.62. The van der Waals surface area contributed by atoms with E-state index in [9.17, 15) is 4.79 Å². The van der Waals surface area contributed by atoms with Crippen LogP contribution in [-0.2, 0) is 21.3 Å². The molecule has 2 aromatic heterocycles. The molecule has 0 amide bonds. The van der Waals surface area contributed by atoms with E-state index >= 15 is 0 Å². The summed E-state index contributed by atoms with van der Waals surface area (Å²) in [7, 11) is 5.15. The van der Waals surface area contributed by atoms with Crippen molar-refractivity contribution < 1.29 is 14.2 Å². The molecule has 8 heteroatoms. The first-order valence-corrected chi connectivity index (χ1v) is 10.5. The van der Waals surface area contributed by atoms with E-state index < -0.39 is 0 Å². The molecule has 31 heavy (non-hydrogen) atoms. The highest BCUT2D eigenvalue weighted by molar-refractivity contribution is 5.84. The summed E-state index contributed by atoms with van der Waals surface area (Å²) in [5, 5.41) is 0. The van der Waals surface area contributed by atoms with E-state index in [-0.39, 0.29) is 11.6 Å². The molecule has 1 aliphatic heterocycles. The third-order valence-electron chi connectivity index (χ3n) is 5.75. The highest BCUT2D eigenvalue weighted by Crippen LogP contribution is 2.31. The number of fused-ring (bicyclic) bond motifs is 1. The fraction of sp³-hybridized carbons (Fsp3) is 0.478. The number of rotatable bonds is 7. The van der Waals surface area contributed by atoms with Crippen molar-refractivity contribution in [2.75, 3.05) is 58.6 Å². The van der Waals surface area contributed by atoms with Gasteiger partial charge < -0.3 is 28.2 Å². The van der Waals surface area contributed by atoms with Gasteiger partial charge in [-0.05, 0) is 31.2 Å². The van der Waals surface area contributed by atoms with Gasteiger partial charge in [-0.2, -0.15) is 0 Å². The minimum Gasteiger partial charge on any atom is -0.382 e. The van der Waals surface area contributed by atoms with Crippen LogP contribution in [0.5, 0.6) is 0 Å². The van der Waals surface area contributed by atoms with E-state index in [0.717, 1.165) is 54.4 Å². The Hall–Kier alpha value is -2.68. The predicted octanol–water partition coefficient (Wildman–Crippen LogP) is 2.38. The van der Waals surface area contributed by atoms with Gasteiger partial charge in [0.05, 0.1) is 43.5 Å². The normalized spacial score (nSPS) is 14.7. The van der Waals surface area contributed by atoms with Gasteiger partial charge in [0.2, 0.25) is 0 Å². The first-order chi connectivity index (χ1) is 15.0. The Balaban J connectivity index is 1.89. The number of hydrogen-bond acceptors (Lipinski definition) is 6. The Morgan fingerprint density at radius 1 is 1.13 bits per heavy atom. The lowest BCUT2D eigenvalue weighted by Gasteiger charge is -2.28. The average Bonchev–Trinajstić information content (AvgIpc) is 3.16. The summed E-state index contributed by atoms with van der Waals surface area (Å²) in [4.78, 5) is 19.6. The van der Waals surface area contributed by atoms with Gasteiger partial charge in [0.1, 0.15) is 5.82 Å². The van der Waals surface area contributed by atoms with Crippen LogP contribution in [0.15, 0.2) is 35.3 Å². The molecule has 3 heterocycles. The van der Waals surface area contributed by atoms with Crippen molar-refractivity contribution in [2.24, 2.45) is 7.05 Å². The number of aryl methyl sites for hydroxylation is 2. The lowest BCUT2D eigenvalue weighted by molar-refractivity contribution is 0.0918. The van der Waals surface area contributed by atoms with Crippen molar-refractivity contribution in [3.63, 3.8) is 0 Å². The van der Waals surface area contributed by atoms with Gasteiger partial charge >= 0.3 is 0 Å². The number of aromatic nitrogens is 3. The van der Waals surface area contributed by atoms with Gasteiger partial charge in [0.15, 0.2) is 0 Å². The molecule has 1 fully saturated rings. The number of hydrogen-bond donors (Lipinski definition) is 0. The molecule has 1 aromatic carbocycles. The van der Waals surface area contributed by atoms with Crippen LogP contribution < -0.4 is 10.5 Å².